The van der Waals surface area contributed by atoms with E-state index in [1.807, 2.05) is 30.9 Å². The molecule has 1 amide bonds. The molecule has 0 aliphatic carbocycles. The fourth-order valence-electron chi connectivity index (χ4n) is 3.71. The number of carboxylic acid groups (broad SMARTS) is 2. The van der Waals surface area contributed by atoms with Crippen molar-refractivity contribution in [3.63, 3.8) is 0 Å². The largest absolute Gasteiger partial charge is 0.490 e. The van der Waals surface area contributed by atoms with Crippen molar-refractivity contribution in [3.05, 3.63) is 12.2 Å². The summed E-state index contributed by atoms with van der Waals surface area (Å²) in [4.78, 5) is 33.9. The van der Waals surface area contributed by atoms with Crippen LogP contribution in [0.4, 0.5) is 13.2 Å². The SMILES string of the molecule is C/C=C\[C@@H]1C[C@H](C(=O)O)N2C[C@@H](OCC)[C@H](NC(C)=O)[C@@H]12.O=C(O)C(F)(F)F. The highest BCUT2D eigenvalue weighted by Crippen LogP contribution is 2.39. The fraction of sp³-hybridized carbons (Fsp3) is 0.706. The van der Waals surface area contributed by atoms with E-state index in [-0.39, 0.29) is 30.0 Å². The van der Waals surface area contributed by atoms with Gasteiger partial charge in [0, 0.05) is 26.1 Å². The molecular weight excluding hydrogens is 385 g/mol. The molecule has 0 unspecified atom stereocenters. The Bertz CT molecular complexity index is 610. The maximum Gasteiger partial charge on any atom is 0.490 e. The normalized spacial score (nSPS) is 29.9. The number of halogens is 3. The van der Waals surface area contributed by atoms with E-state index in [9.17, 15) is 27.9 Å². The lowest BCUT2D eigenvalue weighted by Gasteiger charge is -2.27. The number of carbonyl (C=O) groups excluding carboxylic acids is 1. The Hall–Kier alpha value is -2.14. The van der Waals surface area contributed by atoms with Gasteiger partial charge in [0.25, 0.3) is 0 Å². The average Bonchev–Trinajstić information content (AvgIpc) is 3.06. The van der Waals surface area contributed by atoms with Gasteiger partial charge in [0.15, 0.2) is 0 Å². The van der Waals surface area contributed by atoms with E-state index in [1.54, 1.807) is 0 Å². The van der Waals surface area contributed by atoms with E-state index in [0.717, 1.165) is 0 Å². The van der Waals surface area contributed by atoms with E-state index in [1.165, 1.54) is 6.92 Å². The van der Waals surface area contributed by atoms with Gasteiger partial charge in [-0.2, -0.15) is 13.2 Å². The van der Waals surface area contributed by atoms with Crippen LogP contribution in [0.15, 0.2) is 12.2 Å². The maximum atomic E-state index is 11.5. The van der Waals surface area contributed by atoms with Gasteiger partial charge >= 0.3 is 18.1 Å². The molecule has 2 aliphatic rings. The van der Waals surface area contributed by atoms with Crippen LogP contribution in [0.3, 0.4) is 0 Å². The third kappa shape index (κ3) is 5.93. The summed E-state index contributed by atoms with van der Waals surface area (Å²) in [7, 11) is 0. The molecular formula is C17H25F3N2O6. The topological polar surface area (TPSA) is 116 Å². The Morgan fingerprint density at radius 3 is 2.25 bits per heavy atom. The number of rotatable bonds is 5. The molecule has 0 spiro atoms. The highest BCUT2D eigenvalue weighted by molar-refractivity contribution is 5.75. The number of nitrogens with one attached hydrogen (secondary N) is 1. The maximum absolute atomic E-state index is 11.5. The zero-order valence-electron chi connectivity index (χ0n) is 15.8. The predicted octanol–water partition coefficient (Wildman–Crippen LogP) is 1.26. The molecule has 0 bridgehead atoms. The van der Waals surface area contributed by atoms with Crippen molar-refractivity contribution < 1.29 is 42.5 Å². The number of hydrogen-bond donors (Lipinski definition) is 3. The lowest BCUT2D eigenvalue weighted by atomic mass is 9.92. The number of carbonyl (C=O) groups is 3. The smallest absolute Gasteiger partial charge is 0.480 e. The van der Waals surface area contributed by atoms with Gasteiger partial charge in [-0.1, -0.05) is 12.2 Å². The van der Waals surface area contributed by atoms with Crippen LogP contribution < -0.4 is 5.32 Å². The van der Waals surface area contributed by atoms with E-state index < -0.39 is 24.2 Å². The molecule has 28 heavy (non-hydrogen) atoms. The summed E-state index contributed by atoms with van der Waals surface area (Å²) in [5.41, 5.74) is 0. The third-order valence-corrected chi connectivity index (χ3v) is 4.59. The number of nitrogens with zero attached hydrogens (tertiary/aromatic N) is 1. The Morgan fingerprint density at radius 1 is 1.29 bits per heavy atom. The van der Waals surface area contributed by atoms with Gasteiger partial charge in [-0.25, -0.2) is 4.79 Å². The van der Waals surface area contributed by atoms with Gasteiger partial charge in [0.1, 0.15) is 6.04 Å². The number of carboxylic acids is 2. The first kappa shape index (κ1) is 23.9. The molecule has 3 N–H and O–H groups in total. The Labute approximate surface area is 160 Å². The van der Waals surface area contributed by atoms with Gasteiger partial charge in [-0.3, -0.25) is 14.5 Å². The minimum atomic E-state index is -5.08. The monoisotopic (exact) mass is 410 g/mol. The molecule has 5 atom stereocenters. The van der Waals surface area contributed by atoms with Crippen molar-refractivity contribution in [1.82, 2.24) is 10.2 Å². The van der Waals surface area contributed by atoms with Crippen LogP contribution in [-0.2, 0) is 19.1 Å². The molecule has 2 aliphatic heterocycles. The molecule has 2 saturated heterocycles. The van der Waals surface area contributed by atoms with Crippen LogP contribution in [0.2, 0.25) is 0 Å². The van der Waals surface area contributed by atoms with E-state index in [0.29, 0.717) is 19.6 Å². The molecule has 0 aromatic carbocycles. The van der Waals surface area contributed by atoms with Crippen LogP contribution >= 0.6 is 0 Å². The molecule has 2 fully saturated rings. The van der Waals surface area contributed by atoms with Crippen molar-refractivity contribution >= 4 is 17.8 Å². The molecule has 0 saturated carbocycles. The second kappa shape index (κ2) is 9.87. The summed E-state index contributed by atoms with van der Waals surface area (Å²) in [5.74, 6) is -3.54. The van der Waals surface area contributed by atoms with Crippen LogP contribution in [0.1, 0.15) is 27.2 Å². The van der Waals surface area contributed by atoms with Crippen molar-refractivity contribution in [2.24, 2.45) is 5.92 Å². The number of aliphatic carboxylic acids is 2. The zero-order valence-corrected chi connectivity index (χ0v) is 15.8. The molecule has 11 heteroatoms. The quantitative estimate of drug-likeness (QED) is 0.585. The highest BCUT2D eigenvalue weighted by Gasteiger charge is 2.54. The number of ether oxygens (including phenoxy) is 1. The number of allylic oxidation sites excluding steroid dienone is 1. The first-order valence-electron chi connectivity index (χ1n) is 8.74. The summed E-state index contributed by atoms with van der Waals surface area (Å²) in [6, 6.07) is -0.673. The van der Waals surface area contributed by atoms with Crippen LogP contribution in [0, 0.1) is 5.92 Å². The van der Waals surface area contributed by atoms with Crippen LogP contribution in [0.25, 0.3) is 0 Å². The van der Waals surface area contributed by atoms with Crippen molar-refractivity contribution in [3.8, 4) is 0 Å². The first-order chi connectivity index (χ1) is 12.9. The molecule has 2 heterocycles. The Morgan fingerprint density at radius 2 is 1.86 bits per heavy atom. The van der Waals surface area contributed by atoms with Gasteiger partial charge < -0.3 is 20.3 Å². The van der Waals surface area contributed by atoms with Gasteiger partial charge in [0.2, 0.25) is 5.91 Å². The molecule has 0 radical (unpaired) electrons. The second-order valence-electron chi connectivity index (χ2n) is 6.49. The summed E-state index contributed by atoms with van der Waals surface area (Å²) in [6.45, 7) is 6.43. The van der Waals surface area contributed by atoms with Gasteiger partial charge in [-0.15, -0.1) is 0 Å². The Balaban J connectivity index is 0.000000480. The average molecular weight is 410 g/mol. The molecule has 8 nitrogen and oxygen atoms in total. The first-order valence-corrected chi connectivity index (χ1v) is 8.74. The summed E-state index contributed by atoms with van der Waals surface area (Å²) in [5, 5.41) is 19.5. The Kier molecular flexibility index (Phi) is 8.43. The zero-order chi connectivity index (χ0) is 21.6. The second-order valence-corrected chi connectivity index (χ2v) is 6.49. The standard InChI is InChI=1S/C15H24N2O4.C2HF3O2/c1-4-6-10-7-11(15(19)20)17-8-12(21-5-2)13(14(10)17)16-9(3)18;3-2(4,5)1(6)7/h4,6,10-14H,5,7-8H2,1-3H3,(H,16,18)(H,19,20);(H,6,7)/b6-4-;/t10-,11-,12-,13+,14-;/m1./s1. The van der Waals surface area contributed by atoms with E-state index in [2.05, 4.69) is 5.32 Å². The molecule has 0 aromatic heterocycles. The number of amides is 1. The van der Waals surface area contributed by atoms with E-state index >= 15 is 0 Å². The molecule has 0 aromatic rings. The van der Waals surface area contributed by atoms with Crippen LogP contribution in [-0.4, -0.2) is 76.5 Å². The van der Waals surface area contributed by atoms with Crippen molar-refractivity contribution in [2.75, 3.05) is 13.2 Å². The van der Waals surface area contributed by atoms with Gasteiger partial charge in [-0.05, 0) is 26.2 Å². The number of alkyl halides is 3. The number of hydrogen-bond acceptors (Lipinski definition) is 5. The molecule has 160 valence electrons. The van der Waals surface area contributed by atoms with E-state index in [4.69, 9.17) is 14.6 Å². The minimum Gasteiger partial charge on any atom is -0.480 e. The minimum absolute atomic E-state index is 0.0113. The highest BCUT2D eigenvalue weighted by atomic mass is 19.4. The van der Waals surface area contributed by atoms with Crippen LogP contribution in [0.5, 0.6) is 0 Å². The third-order valence-electron chi connectivity index (χ3n) is 4.59. The summed E-state index contributed by atoms with van der Waals surface area (Å²) < 4.78 is 37.5. The fourth-order valence-corrected chi connectivity index (χ4v) is 3.71. The lowest BCUT2D eigenvalue weighted by molar-refractivity contribution is -0.192. The molecule has 2 rings (SSSR count). The predicted molar refractivity (Wildman–Crippen MR) is 91.5 cm³/mol. The summed E-state index contributed by atoms with van der Waals surface area (Å²) >= 11 is 0. The van der Waals surface area contributed by atoms with Crippen molar-refractivity contribution in [1.29, 1.82) is 0 Å². The van der Waals surface area contributed by atoms with Gasteiger partial charge in [0.05, 0.1) is 12.1 Å². The summed E-state index contributed by atoms with van der Waals surface area (Å²) in [6.07, 6.45) is -0.659. The lowest BCUT2D eigenvalue weighted by Crippen LogP contribution is -2.49. The van der Waals surface area contributed by atoms with Crippen molar-refractivity contribution in [2.45, 2.75) is 57.6 Å². The number of fused-ring (bicyclic) bond motifs is 1.